The Morgan fingerprint density at radius 2 is 1.88 bits per heavy atom. The molecule has 0 bridgehead atoms. The van der Waals surface area contributed by atoms with Crippen molar-refractivity contribution in [3.63, 3.8) is 0 Å². The van der Waals surface area contributed by atoms with Gasteiger partial charge in [0.25, 0.3) is 5.56 Å². The Labute approximate surface area is 164 Å². The number of piperidine rings is 1. The molecule has 2 heterocycles. The van der Waals surface area contributed by atoms with E-state index in [-0.39, 0.29) is 22.5 Å². The van der Waals surface area contributed by atoms with E-state index in [2.05, 4.69) is 50.7 Å². The zero-order chi connectivity index (χ0) is 16.5. The molecule has 132 valence electrons. The van der Waals surface area contributed by atoms with Gasteiger partial charge in [0.05, 0.1) is 5.56 Å². The molecule has 2 aromatic carbocycles. The highest BCUT2D eigenvalue weighted by molar-refractivity contribution is 9.10. The van der Waals surface area contributed by atoms with Gasteiger partial charge in [0, 0.05) is 16.8 Å². The summed E-state index contributed by atoms with van der Waals surface area (Å²) in [5, 5.41) is 8.25. The average Bonchev–Trinajstić information content (AvgIpc) is 2.99. The van der Waals surface area contributed by atoms with Crippen LogP contribution in [0.2, 0.25) is 0 Å². The van der Waals surface area contributed by atoms with Gasteiger partial charge in [-0.2, -0.15) is 5.16 Å². The van der Waals surface area contributed by atoms with Crippen LogP contribution in [0, 0.1) is 0 Å². The van der Waals surface area contributed by atoms with Gasteiger partial charge < -0.3 is 9.84 Å². The first-order valence-corrected chi connectivity index (χ1v) is 9.10. The smallest absolute Gasteiger partial charge is 0.283 e. The predicted molar refractivity (Wildman–Crippen MR) is 109 cm³/mol. The highest BCUT2D eigenvalue weighted by atomic mass is 79.9. The Hall–Kier alpha value is -1.37. The standard InChI is InChI=1S/C19H19BrN2O2.BrH/c20-17-14(6-5-12-3-1-2-4-15(12)17)11-16-18(24-22-19(16)23)13-7-9-21-10-8-13;/h1-6,13,21H,7-11H2,(H,22,23);1H. The number of H-pyrrole nitrogens is 1. The lowest BCUT2D eigenvalue weighted by Crippen LogP contribution is -2.27. The highest BCUT2D eigenvalue weighted by Crippen LogP contribution is 2.32. The van der Waals surface area contributed by atoms with Crippen LogP contribution in [0.25, 0.3) is 10.8 Å². The Kier molecular flexibility index (Phi) is 5.81. The van der Waals surface area contributed by atoms with Gasteiger partial charge in [0.1, 0.15) is 5.76 Å². The topological polar surface area (TPSA) is 58.0 Å². The number of fused-ring (bicyclic) bond motifs is 1. The number of aromatic nitrogens is 1. The molecule has 6 heteroatoms. The van der Waals surface area contributed by atoms with Gasteiger partial charge in [-0.05, 0) is 58.2 Å². The summed E-state index contributed by atoms with van der Waals surface area (Å²) in [4.78, 5) is 12.3. The monoisotopic (exact) mass is 466 g/mol. The van der Waals surface area contributed by atoms with Crippen molar-refractivity contribution in [2.75, 3.05) is 13.1 Å². The quantitative estimate of drug-likeness (QED) is 0.595. The maximum atomic E-state index is 12.3. The van der Waals surface area contributed by atoms with Crippen LogP contribution in [-0.4, -0.2) is 18.2 Å². The van der Waals surface area contributed by atoms with Crippen LogP contribution in [0.15, 0.2) is 50.2 Å². The molecule has 0 aliphatic carbocycles. The van der Waals surface area contributed by atoms with Crippen LogP contribution < -0.4 is 10.9 Å². The van der Waals surface area contributed by atoms with Crippen LogP contribution in [0.3, 0.4) is 0 Å². The minimum absolute atomic E-state index is 0. The molecule has 4 nitrogen and oxygen atoms in total. The van der Waals surface area contributed by atoms with Crippen LogP contribution in [0.5, 0.6) is 0 Å². The molecule has 0 radical (unpaired) electrons. The normalized spacial score (nSPS) is 15.2. The molecule has 1 fully saturated rings. The Morgan fingerprint density at radius 3 is 2.68 bits per heavy atom. The van der Waals surface area contributed by atoms with Gasteiger partial charge in [-0.3, -0.25) is 4.79 Å². The Morgan fingerprint density at radius 1 is 1.12 bits per heavy atom. The molecule has 0 saturated carbocycles. The fourth-order valence-electron chi connectivity index (χ4n) is 3.52. The SMILES string of the molecule is Br.O=c1[nH]oc(C2CCNCC2)c1Cc1ccc2ccccc2c1Br. The van der Waals surface area contributed by atoms with E-state index < -0.39 is 0 Å². The molecule has 3 aromatic rings. The van der Waals surface area contributed by atoms with E-state index in [1.54, 1.807) is 0 Å². The number of nitrogens with one attached hydrogen (secondary N) is 2. The maximum Gasteiger partial charge on any atom is 0.283 e. The minimum atomic E-state index is -0.108. The first kappa shape index (κ1) is 18.4. The third kappa shape index (κ3) is 3.61. The molecular formula is C19H20Br2N2O2. The first-order chi connectivity index (χ1) is 11.7. The van der Waals surface area contributed by atoms with E-state index in [1.165, 1.54) is 10.8 Å². The predicted octanol–water partition coefficient (Wildman–Crippen LogP) is 4.52. The van der Waals surface area contributed by atoms with Crippen molar-refractivity contribution >= 4 is 43.7 Å². The summed E-state index contributed by atoms with van der Waals surface area (Å²) in [7, 11) is 0. The van der Waals surface area contributed by atoms with Crippen molar-refractivity contribution in [2.45, 2.75) is 25.2 Å². The van der Waals surface area contributed by atoms with Gasteiger partial charge in [0.2, 0.25) is 0 Å². The second-order valence-electron chi connectivity index (χ2n) is 6.34. The van der Waals surface area contributed by atoms with Gasteiger partial charge >= 0.3 is 0 Å². The third-order valence-electron chi connectivity index (χ3n) is 4.85. The van der Waals surface area contributed by atoms with Crippen LogP contribution in [-0.2, 0) is 6.42 Å². The van der Waals surface area contributed by atoms with E-state index in [4.69, 9.17) is 4.52 Å². The molecule has 1 saturated heterocycles. The largest absolute Gasteiger partial charge is 0.383 e. The summed E-state index contributed by atoms with van der Waals surface area (Å²) in [5.41, 5.74) is 1.76. The lowest BCUT2D eigenvalue weighted by Gasteiger charge is -2.21. The van der Waals surface area contributed by atoms with Gasteiger partial charge in [-0.25, -0.2) is 0 Å². The molecular weight excluding hydrogens is 448 g/mol. The number of aromatic amines is 1. The number of rotatable bonds is 3. The number of hydrogen-bond acceptors (Lipinski definition) is 3. The molecule has 0 atom stereocenters. The first-order valence-electron chi connectivity index (χ1n) is 8.31. The zero-order valence-electron chi connectivity index (χ0n) is 13.7. The minimum Gasteiger partial charge on any atom is -0.383 e. The number of halogens is 2. The highest BCUT2D eigenvalue weighted by Gasteiger charge is 2.24. The van der Waals surface area contributed by atoms with Crippen molar-refractivity contribution in [1.29, 1.82) is 0 Å². The second-order valence-corrected chi connectivity index (χ2v) is 7.13. The maximum absolute atomic E-state index is 12.3. The lowest BCUT2D eigenvalue weighted by atomic mass is 9.91. The van der Waals surface area contributed by atoms with Crippen molar-refractivity contribution in [3.05, 3.63) is 68.1 Å². The van der Waals surface area contributed by atoms with E-state index in [0.29, 0.717) is 12.3 Å². The average molecular weight is 468 g/mol. The van der Waals surface area contributed by atoms with Crippen LogP contribution in [0.1, 0.15) is 35.6 Å². The molecule has 25 heavy (non-hydrogen) atoms. The molecule has 0 unspecified atom stereocenters. The van der Waals surface area contributed by atoms with Crippen molar-refractivity contribution in [3.8, 4) is 0 Å². The van der Waals surface area contributed by atoms with E-state index in [0.717, 1.165) is 47.3 Å². The number of benzene rings is 2. The van der Waals surface area contributed by atoms with Gasteiger partial charge in [0.15, 0.2) is 0 Å². The molecule has 1 aliphatic heterocycles. The zero-order valence-corrected chi connectivity index (χ0v) is 17.0. The molecule has 1 aromatic heterocycles. The van der Waals surface area contributed by atoms with Gasteiger partial charge in [-0.1, -0.05) is 36.4 Å². The Balaban J connectivity index is 0.00000182. The summed E-state index contributed by atoms with van der Waals surface area (Å²) in [5.74, 6) is 1.15. The summed E-state index contributed by atoms with van der Waals surface area (Å²) in [6.45, 7) is 1.94. The van der Waals surface area contributed by atoms with Crippen molar-refractivity contribution in [2.24, 2.45) is 0 Å². The summed E-state index contributed by atoms with van der Waals surface area (Å²) in [6, 6.07) is 12.4. The van der Waals surface area contributed by atoms with Crippen molar-refractivity contribution < 1.29 is 4.52 Å². The third-order valence-corrected chi connectivity index (χ3v) is 5.78. The van der Waals surface area contributed by atoms with E-state index >= 15 is 0 Å². The molecule has 0 spiro atoms. The van der Waals surface area contributed by atoms with E-state index in [9.17, 15) is 4.79 Å². The number of hydrogen-bond donors (Lipinski definition) is 2. The fourth-order valence-corrected chi connectivity index (χ4v) is 4.16. The Bertz CT molecular complexity index is 927. The molecule has 0 amide bonds. The van der Waals surface area contributed by atoms with Crippen molar-refractivity contribution in [1.82, 2.24) is 10.5 Å². The summed E-state index contributed by atoms with van der Waals surface area (Å²) >= 11 is 3.72. The van der Waals surface area contributed by atoms with Gasteiger partial charge in [-0.15, -0.1) is 17.0 Å². The van der Waals surface area contributed by atoms with Crippen LogP contribution in [0.4, 0.5) is 0 Å². The van der Waals surface area contributed by atoms with Crippen LogP contribution >= 0.6 is 32.9 Å². The lowest BCUT2D eigenvalue weighted by molar-refractivity contribution is 0.324. The second kappa shape index (κ2) is 7.89. The molecule has 4 rings (SSSR count). The summed E-state index contributed by atoms with van der Waals surface area (Å²) in [6.07, 6.45) is 2.59. The van der Waals surface area contributed by atoms with E-state index in [1.807, 2.05) is 12.1 Å². The fraction of sp³-hybridized carbons (Fsp3) is 0.316. The molecule has 1 aliphatic rings. The summed E-state index contributed by atoms with van der Waals surface area (Å²) < 4.78 is 6.61. The molecule has 2 N–H and O–H groups in total.